The van der Waals surface area contributed by atoms with Gasteiger partial charge in [0.1, 0.15) is 0 Å². The standard InChI is InChI=1S/C29H28N2O3/c32-27(30-18-6-7-19-30)17-16-24(31-28(33)25-10-4-5-11-26(25)29(31)34)20-21-12-14-23(15-13-21)22-8-2-1-3-9-22/h1-5,8-15,24H,6-7,16-20H2/t24-/m0/s1. The highest BCUT2D eigenvalue weighted by Crippen LogP contribution is 2.29. The third-order valence-electron chi connectivity index (χ3n) is 6.87. The Balaban J connectivity index is 1.37. The summed E-state index contributed by atoms with van der Waals surface area (Å²) in [5.74, 6) is -0.418. The molecule has 0 saturated carbocycles. The molecule has 5 heteroatoms. The van der Waals surface area contributed by atoms with Crippen LogP contribution in [0, 0.1) is 0 Å². The molecule has 34 heavy (non-hydrogen) atoms. The van der Waals surface area contributed by atoms with Gasteiger partial charge in [-0.2, -0.15) is 0 Å². The second-order valence-corrected chi connectivity index (χ2v) is 9.07. The summed E-state index contributed by atoms with van der Waals surface area (Å²) in [7, 11) is 0. The van der Waals surface area contributed by atoms with E-state index in [0.717, 1.165) is 42.6 Å². The van der Waals surface area contributed by atoms with Crippen molar-refractivity contribution < 1.29 is 14.4 Å². The molecule has 0 aliphatic carbocycles. The minimum absolute atomic E-state index is 0.110. The zero-order valence-corrected chi connectivity index (χ0v) is 19.2. The molecule has 3 amide bonds. The molecule has 172 valence electrons. The first kappa shape index (κ1) is 22.1. The lowest BCUT2D eigenvalue weighted by molar-refractivity contribution is -0.130. The lowest BCUT2D eigenvalue weighted by atomic mass is 9.97. The van der Waals surface area contributed by atoms with Crippen LogP contribution in [0.25, 0.3) is 11.1 Å². The van der Waals surface area contributed by atoms with E-state index >= 15 is 0 Å². The molecule has 2 aliphatic heterocycles. The predicted octanol–water partition coefficient (Wildman–Crippen LogP) is 4.96. The number of carbonyl (C=O) groups is 3. The lowest BCUT2D eigenvalue weighted by Gasteiger charge is -2.27. The SMILES string of the molecule is O=C(CC[C@@H](Cc1ccc(-c2ccccc2)cc1)N1C(=O)c2ccccc2C1=O)N1CCCC1. The minimum atomic E-state index is -0.374. The molecular weight excluding hydrogens is 424 g/mol. The molecule has 5 nitrogen and oxygen atoms in total. The molecule has 3 aromatic carbocycles. The molecule has 0 radical (unpaired) electrons. The number of nitrogens with zero attached hydrogens (tertiary/aromatic N) is 2. The number of carbonyl (C=O) groups excluding carboxylic acids is 3. The van der Waals surface area contributed by atoms with Crippen molar-refractivity contribution in [3.8, 4) is 11.1 Å². The fraction of sp³-hybridized carbons (Fsp3) is 0.276. The van der Waals surface area contributed by atoms with Crippen molar-refractivity contribution in [3.63, 3.8) is 0 Å². The van der Waals surface area contributed by atoms with Gasteiger partial charge < -0.3 is 4.90 Å². The van der Waals surface area contributed by atoms with Crippen LogP contribution in [0.2, 0.25) is 0 Å². The van der Waals surface area contributed by atoms with E-state index in [2.05, 4.69) is 36.4 Å². The number of hydrogen-bond acceptors (Lipinski definition) is 3. The first-order valence-electron chi connectivity index (χ1n) is 12.0. The second-order valence-electron chi connectivity index (χ2n) is 9.07. The molecule has 0 bridgehead atoms. The van der Waals surface area contributed by atoms with Gasteiger partial charge in [-0.15, -0.1) is 0 Å². The Bertz CT molecular complexity index is 1160. The van der Waals surface area contributed by atoms with E-state index in [4.69, 9.17) is 0 Å². The molecule has 1 fully saturated rings. The van der Waals surface area contributed by atoms with Crippen LogP contribution in [0.1, 0.15) is 52.0 Å². The molecular formula is C29H28N2O3. The fourth-order valence-electron chi connectivity index (χ4n) is 5.01. The van der Waals surface area contributed by atoms with Gasteiger partial charge >= 0.3 is 0 Å². The summed E-state index contributed by atoms with van der Waals surface area (Å²) in [5, 5.41) is 0. The van der Waals surface area contributed by atoms with Crippen molar-refractivity contribution in [3.05, 3.63) is 95.6 Å². The Hall–Kier alpha value is -3.73. The maximum atomic E-state index is 13.2. The van der Waals surface area contributed by atoms with Crippen LogP contribution in [0.3, 0.4) is 0 Å². The van der Waals surface area contributed by atoms with Gasteiger partial charge in [-0.3, -0.25) is 19.3 Å². The number of hydrogen-bond donors (Lipinski definition) is 0. The van der Waals surface area contributed by atoms with Gasteiger partial charge in [0.05, 0.1) is 11.1 Å². The average Bonchev–Trinajstić information content (AvgIpc) is 3.51. The Kier molecular flexibility index (Phi) is 6.26. The van der Waals surface area contributed by atoms with Crippen molar-refractivity contribution in [1.82, 2.24) is 9.80 Å². The molecule has 3 aromatic rings. The topological polar surface area (TPSA) is 57.7 Å². The summed E-state index contributed by atoms with van der Waals surface area (Å²) in [4.78, 5) is 42.4. The highest BCUT2D eigenvalue weighted by Gasteiger charge is 2.39. The van der Waals surface area contributed by atoms with Crippen LogP contribution in [0.15, 0.2) is 78.9 Å². The summed E-state index contributed by atoms with van der Waals surface area (Å²) in [5.41, 5.74) is 4.19. The number of fused-ring (bicyclic) bond motifs is 1. The maximum Gasteiger partial charge on any atom is 0.261 e. The molecule has 0 aromatic heterocycles. The molecule has 2 aliphatic rings. The largest absolute Gasteiger partial charge is 0.343 e. The summed E-state index contributed by atoms with van der Waals surface area (Å²) in [6.07, 6.45) is 3.40. The molecule has 0 N–H and O–H groups in total. The Morgan fingerprint density at radius 1 is 0.735 bits per heavy atom. The number of likely N-dealkylation sites (tertiary alicyclic amines) is 1. The number of amides is 3. The van der Waals surface area contributed by atoms with Crippen molar-refractivity contribution in [2.45, 2.75) is 38.1 Å². The van der Waals surface area contributed by atoms with E-state index in [1.807, 2.05) is 23.1 Å². The van der Waals surface area contributed by atoms with E-state index in [-0.39, 0.29) is 23.8 Å². The van der Waals surface area contributed by atoms with Crippen LogP contribution in [0.5, 0.6) is 0 Å². The van der Waals surface area contributed by atoms with Crippen LogP contribution in [-0.2, 0) is 11.2 Å². The Morgan fingerprint density at radius 2 is 1.29 bits per heavy atom. The number of imide groups is 1. The lowest BCUT2D eigenvalue weighted by Crippen LogP contribution is -2.42. The van der Waals surface area contributed by atoms with Crippen LogP contribution in [-0.4, -0.2) is 46.7 Å². The third-order valence-corrected chi connectivity index (χ3v) is 6.87. The van der Waals surface area contributed by atoms with E-state index in [1.54, 1.807) is 24.3 Å². The van der Waals surface area contributed by atoms with Gasteiger partial charge in [0.25, 0.3) is 11.8 Å². The van der Waals surface area contributed by atoms with Crippen molar-refractivity contribution >= 4 is 17.7 Å². The Labute approximate surface area is 200 Å². The molecule has 1 atom stereocenters. The first-order chi connectivity index (χ1) is 16.6. The van der Waals surface area contributed by atoms with E-state index in [0.29, 0.717) is 30.4 Å². The maximum absolute atomic E-state index is 13.2. The van der Waals surface area contributed by atoms with Crippen LogP contribution >= 0.6 is 0 Å². The van der Waals surface area contributed by atoms with E-state index in [1.165, 1.54) is 4.90 Å². The highest BCUT2D eigenvalue weighted by molar-refractivity contribution is 6.21. The van der Waals surface area contributed by atoms with Crippen LogP contribution < -0.4 is 0 Å². The summed E-state index contributed by atoms with van der Waals surface area (Å²) in [6, 6.07) is 25.0. The van der Waals surface area contributed by atoms with Crippen molar-refractivity contribution in [2.24, 2.45) is 0 Å². The first-order valence-corrected chi connectivity index (χ1v) is 12.0. The summed E-state index contributed by atoms with van der Waals surface area (Å²) in [6.45, 7) is 1.61. The van der Waals surface area contributed by atoms with Gasteiger partial charge in [-0.05, 0) is 54.5 Å². The normalized spacial score (nSPS) is 16.1. The monoisotopic (exact) mass is 452 g/mol. The van der Waals surface area contributed by atoms with Gasteiger partial charge in [-0.25, -0.2) is 0 Å². The van der Waals surface area contributed by atoms with E-state index in [9.17, 15) is 14.4 Å². The fourth-order valence-corrected chi connectivity index (χ4v) is 5.01. The van der Waals surface area contributed by atoms with Gasteiger partial charge in [0.15, 0.2) is 0 Å². The zero-order chi connectivity index (χ0) is 23.5. The summed E-state index contributed by atoms with van der Waals surface area (Å²) >= 11 is 0. The molecule has 1 saturated heterocycles. The van der Waals surface area contributed by atoms with Crippen molar-refractivity contribution in [1.29, 1.82) is 0 Å². The zero-order valence-electron chi connectivity index (χ0n) is 19.2. The van der Waals surface area contributed by atoms with E-state index < -0.39 is 0 Å². The van der Waals surface area contributed by atoms with Crippen LogP contribution in [0.4, 0.5) is 0 Å². The minimum Gasteiger partial charge on any atom is -0.343 e. The quantitative estimate of drug-likeness (QED) is 0.476. The average molecular weight is 453 g/mol. The second kappa shape index (κ2) is 9.64. The van der Waals surface area contributed by atoms with Gasteiger partial charge in [0.2, 0.25) is 5.91 Å². The molecule has 5 rings (SSSR count). The Morgan fingerprint density at radius 3 is 1.91 bits per heavy atom. The summed E-state index contributed by atoms with van der Waals surface area (Å²) < 4.78 is 0. The molecule has 0 unspecified atom stereocenters. The molecule has 2 heterocycles. The van der Waals surface area contributed by atoms with Crippen molar-refractivity contribution in [2.75, 3.05) is 13.1 Å². The van der Waals surface area contributed by atoms with Gasteiger partial charge in [-0.1, -0.05) is 66.7 Å². The highest BCUT2D eigenvalue weighted by atomic mass is 16.2. The number of benzene rings is 3. The van der Waals surface area contributed by atoms with Gasteiger partial charge in [0, 0.05) is 25.6 Å². The molecule has 0 spiro atoms. The predicted molar refractivity (Wildman–Crippen MR) is 131 cm³/mol. The smallest absolute Gasteiger partial charge is 0.261 e. The number of rotatable bonds is 7. The third kappa shape index (κ3) is 4.38.